The molecule has 160 valence electrons. The van der Waals surface area contributed by atoms with Gasteiger partial charge in [-0.15, -0.1) is 11.3 Å². The summed E-state index contributed by atoms with van der Waals surface area (Å²) >= 11 is 7.35. The van der Waals surface area contributed by atoms with Gasteiger partial charge in [0, 0.05) is 31.2 Å². The smallest absolute Gasteiger partial charge is 0.372 e. The first-order valence-electron chi connectivity index (χ1n) is 9.68. The van der Waals surface area contributed by atoms with E-state index in [0.717, 1.165) is 30.8 Å². The van der Waals surface area contributed by atoms with Crippen LogP contribution in [0.1, 0.15) is 32.4 Å². The molecule has 10 nitrogen and oxygen atoms in total. The maximum atomic E-state index is 12.1. The molecule has 0 aromatic carbocycles. The molecule has 3 aromatic heterocycles. The van der Waals surface area contributed by atoms with E-state index in [2.05, 4.69) is 44.6 Å². The zero-order valence-corrected chi connectivity index (χ0v) is 18.2. The minimum atomic E-state index is -0.573. The lowest BCUT2D eigenvalue weighted by Gasteiger charge is -2.34. The van der Waals surface area contributed by atoms with E-state index < -0.39 is 6.09 Å². The number of amides is 1. The number of tetrazole rings is 1. The number of nitrogens with zero attached hydrogens (tertiary/aromatic N) is 6. The van der Waals surface area contributed by atoms with Gasteiger partial charge in [-0.25, -0.2) is 4.79 Å². The third-order valence-corrected chi connectivity index (χ3v) is 6.12. The lowest BCUT2D eigenvalue weighted by molar-refractivity contribution is 0.151. The third-order valence-electron chi connectivity index (χ3n) is 4.88. The summed E-state index contributed by atoms with van der Waals surface area (Å²) in [4.78, 5) is 16.7. The Hall–Kier alpha value is -2.50. The molecule has 4 heterocycles. The first-order chi connectivity index (χ1) is 14.5. The Bertz CT molecular complexity index is 993. The fourth-order valence-corrected chi connectivity index (χ4v) is 4.26. The summed E-state index contributed by atoms with van der Waals surface area (Å²) in [5.74, 6) is 0.612. The Morgan fingerprint density at radius 3 is 2.90 bits per heavy atom. The van der Waals surface area contributed by atoms with E-state index in [4.69, 9.17) is 20.9 Å². The predicted molar refractivity (Wildman–Crippen MR) is 111 cm³/mol. The topological polar surface area (TPSA) is 111 Å². The van der Waals surface area contributed by atoms with E-state index in [9.17, 15) is 4.79 Å². The van der Waals surface area contributed by atoms with E-state index in [0.29, 0.717) is 21.8 Å². The van der Waals surface area contributed by atoms with E-state index in [1.54, 1.807) is 12.1 Å². The summed E-state index contributed by atoms with van der Waals surface area (Å²) in [5, 5.41) is 18.6. The number of carbonyl (C=O) groups excluding carboxylic acids is 1. The second kappa shape index (κ2) is 9.11. The third kappa shape index (κ3) is 5.15. The van der Waals surface area contributed by atoms with Crippen molar-refractivity contribution >= 4 is 29.0 Å². The molecule has 1 fully saturated rings. The molecule has 1 N–H and O–H groups in total. The Morgan fingerprint density at radius 1 is 1.40 bits per heavy atom. The van der Waals surface area contributed by atoms with Gasteiger partial charge in [-0.2, -0.15) is 4.80 Å². The van der Waals surface area contributed by atoms with Gasteiger partial charge in [0.25, 0.3) is 0 Å². The van der Waals surface area contributed by atoms with Crippen molar-refractivity contribution in [3.8, 4) is 16.6 Å². The molecular weight excluding hydrogens is 430 g/mol. The van der Waals surface area contributed by atoms with E-state index >= 15 is 0 Å². The zero-order valence-electron chi connectivity index (χ0n) is 16.6. The number of thiophene rings is 1. The number of hydrogen-bond donors (Lipinski definition) is 1. The SMILES string of the molecule is CC(C)N1CCC(NC(=O)Oc2nnn(Cc3cc(-c4ccc(Cl)s4)on3)n2)CC1. The number of carbonyl (C=O) groups is 1. The number of aromatic nitrogens is 5. The molecule has 0 atom stereocenters. The number of hydrogen-bond acceptors (Lipinski definition) is 9. The average Bonchev–Trinajstić information content (AvgIpc) is 3.44. The summed E-state index contributed by atoms with van der Waals surface area (Å²) in [5.41, 5.74) is 0.611. The zero-order chi connectivity index (χ0) is 21.1. The maximum absolute atomic E-state index is 12.1. The Kier molecular flexibility index (Phi) is 6.30. The highest BCUT2D eigenvalue weighted by Gasteiger charge is 2.23. The first kappa shape index (κ1) is 20.8. The molecule has 12 heteroatoms. The molecule has 4 rings (SSSR count). The Morgan fingerprint density at radius 2 is 2.20 bits per heavy atom. The van der Waals surface area contributed by atoms with Crippen LogP contribution in [0.5, 0.6) is 6.01 Å². The van der Waals surface area contributed by atoms with Gasteiger partial charge in [-0.1, -0.05) is 27.0 Å². The molecule has 1 aliphatic rings. The van der Waals surface area contributed by atoms with E-state index in [1.807, 2.05) is 6.07 Å². The lowest BCUT2D eigenvalue weighted by atomic mass is 10.0. The fraction of sp³-hybridized carbons (Fsp3) is 0.500. The maximum Gasteiger partial charge on any atom is 0.415 e. The number of ether oxygens (including phenoxy) is 1. The molecular formula is C18H22ClN7O3S. The molecule has 1 amide bonds. The van der Waals surface area contributed by atoms with Crippen molar-refractivity contribution in [2.75, 3.05) is 13.1 Å². The standard InChI is InChI=1S/C18H22ClN7O3S/c1-11(2)25-7-5-12(6-8-25)20-18(27)28-17-21-24-26(22-17)10-13-9-14(29-23-13)15-3-4-16(19)30-15/h3-4,9,11-12H,5-8,10H2,1-2H3,(H,20,27). The molecule has 1 aliphatic heterocycles. The monoisotopic (exact) mass is 451 g/mol. The predicted octanol–water partition coefficient (Wildman–Crippen LogP) is 3.05. The van der Waals surface area contributed by atoms with Gasteiger partial charge >= 0.3 is 12.1 Å². The van der Waals surface area contributed by atoms with Crippen molar-refractivity contribution in [2.45, 2.75) is 45.3 Å². The molecule has 30 heavy (non-hydrogen) atoms. The molecule has 0 radical (unpaired) electrons. The quantitative estimate of drug-likeness (QED) is 0.608. The molecule has 0 saturated carbocycles. The van der Waals surface area contributed by atoms with Crippen molar-refractivity contribution in [1.82, 2.24) is 35.6 Å². The van der Waals surface area contributed by atoms with Gasteiger partial charge in [0.1, 0.15) is 12.2 Å². The van der Waals surface area contributed by atoms with Gasteiger partial charge in [0.2, 0.25) is 0 Å². The van der Waals surface area contributed by atoms with Crippen LogP contribution < -0.4 is 10.1 Å². The highest BCUT2D eigenvalue weighted by molar-refractivity contribution is 7.19. The van der Waals surface area contributed by atoms with Crippen LogP contribution in [0, 0.1) is 0 Å². The van der Waals surface area contributed by atoms with Crippen LogP contribution in [0.25, 0.3) is 10.6 Å². The van der Waals surface area contributed by atoms with Crippen molar-refractivity contribution in [2.24, 2.45) is 0 Å². The fourth-order valence-electron chi connectivity index (χ4n) is 3.27. The van der Waals surface area contributed by atoms with Crippen molar-refractivity contribution < 1.29 is 14.1 Å². The molecule has 0 spiro atoms. The van der Waals surface area contributed by atoms with Crippen molar-refractivity contribution in [1.29, 1.82) is 0 Å². The minimum absolute atomic E-state index is 0.0850. The largest absolute Gasteiger partial charge is 0.415 e. The number of nitrogens with one attached hydrogen (secondary N) is 1. The Labute approximate surface area is 182 Å². The van der Waals surface area contributed by atoms with Crippen molar-refractivity contribution in [3.63, 3.8) is 0 Å². The minimum Gasteiger partial charge on any atom is -0.372 e. The van der Waals surface area contributed by atoms with Gasteiger partial charge in [-0.05, 0) is 44.0 Å². The molecule has 0 bridgehead atoms. The molecule has 0 aliphatic carbocycles. The highest BCUT2D eigenvalue weighted by atomic mass is 35.5. The summed E-state index contributed by atoms with van der Waals surface area (Å²) in [7, 11) is 0. The lowest BCUT2D eigenvalue weighted by Crippen LogP contribution is -2.47. The normalized spacial score (nSPS) is 15.6. The van der Waals surface area contributed by atoms with Gasteiger partial charge in [0.05, 0.1) is 9.21 Å². The van der Waals surface area contributed by atoms with Crippen LogP contribution in [0.2, 0.25) is 4.34 Å². The number of halogens is 1. The van der Waals surface area contributed by atoms with Crippen molar-refractivity contribution in [3.05, 3.63) is 28.2 Å². The van der Waals surface area contributed by atoms with Crippen LogP contribution in [0.4, 0.5) is 4.79 Å². The summed E-state index contributed by atoms with van der Waals surface area (Å²) < 4.78 is 11.2. The van der Waals surface area contributed by atoms with Gasteiger partial charge < -0.3 is 19.5 Å². The molecule has 1 saturated heterocycles. The van der Waals surface area contributed by atoms with E-state index in [-0.39, 0.29) is 18.6 Å². The van der Waals surface area contributed by atoms with Crippen LogP contribution in [0.3, 0.4) is 0 Å². The average molecular weight is 452 g/mol. The highest BCUT2D eigenvalue weighted by Crippen LogP contribution is 2.31. The van der Waals surface area contributed by atoms with Crippen LogP contribution in [0.15, 0.2) is 22.7 Å². The second-order valence-corrected chi connectivity index (χ2v) is 9.04. The van der Waals surface area contributed by atoms with Gasteiger partial charge in [-0.3, -0.25) is 0 Å². The number of piperidine rings is 1. The Balaban J connectivity index is 1.27. The summed E-state index contributed by atoms with van der Waals surface area (Å²) in [6.45, 7) is 6.49. The first-order valence-corrected chi connectivity index (χ1v) is 10.9. The molecule has 0 unspecified atom stereocenters. The number of likely N-dealkylation sites (tertiary alicyclic amines) is 1. The summed E-state index contributed by atoms with van der Waals surface area (Å²) in [6.07, 6.45) is 1.20. The molecule has 3 aromatic rings. The van der Waals surface area contributed by atoms with Crippen LogP contribution in [-0.4, -0.2) is 61.5 Å². The van der Waals surface area contributed by atoms with Crippen LogP contribution >= 0.6 is 22.9 Å². The van der Waals surface area contributed by atoms with Crippen LogP contribution in [-0.2, 0) is 6.54 Å². The number of rotatable bonds is 6. The van der Waals surface area contributed by atoms with Gasteiger partial charge in [0.15, 0.2) is 5.76 Å². The summed E-state index contributed by atoms with van der Waals surface area (Å²) in [6, 6.07) is 5.93. The second-order valence-electron chi connectivity index (χ2n) is 7.33. The van der Waals surface area contributed by atoms with E-state index in [1.165, 1.54) is 16.1 Å².